The van der Waals surface area contributed by atoms with E-state index >= 15 is 0 Å². The summed E-state index contributed by atoms with van der Waals surface area (Å²) in [5, 5.41) is 14.1. The van der Waals surface area contributed by atoms with Crippen molar-refractivity contribution in [1.29, 1.82) is 0 Å². The van der Waals surface area contributed by atoms with Gasteiger partial charge in [0.25, 0.3) is 0 Å². The fourth-order valence-electron chi connectivity index (χ4n) is 4.99. The van der Waals surface area contributed by atoms with Gasteiger partial charge in [0, 0.05) is 24.7 Å². The Labute approximate surface area is 179 Å². The van der Waals surface area contributed by atoms with Crippen molar-refractivity contribution in [2.24, 2.45) is 23.7 Å². The Morgan fingerprint density at radius 3 is 2.59 bits per heavy atom. The van der Waals surface area contributed by atoms with Crippen LogP contribution in [-0.4, -0.2) is 53.9 Å². The molecule has 4 unspecified atom stereocenters. The van der Waals surface area contributed by atoms with Crippen molar-refractivity contribution in [1.82, 2.24) is 10.2 Å². The maximum Gasteiger partial charge on any atom is 0.239 e. The number of likely N-dealkylation sites (tertiary alicyclic amines) is 1. The molecule has 0 bridgehead atoms. The van der Waals surface area contributed by atoms with E-state index in [0.717, 1.165) is 43.8 Å². The van der Waals surface area contributed by atoms with Crippen LogP contribution in [0.25, 0.3) is 0 Å². The highest BCUT2D eigenvalue weighted by molar-refractivity contribution is 6.29. The molecule has 1 heterocycles. The molecule has 0 spiro atoms. The molecule has 4 nitrogen and oxygen atoms in total. The third-order valence-corrected chi connectivity index (χ3v) is 7.27. The van der Waals surface area contributed by atoms with Gasteiger partial charge in [0.2, 0.25) is 5.91 Å². The van der Waals surface area contributed by atoms with Gasteiger partial charge >= 0.3 is 0 Å². The van der Waals surface area contributed by atoms with Crippen LogP contribution in [0.1, 0.15) is 52.4 Å². The first kappa shape index (κ1) is 22.8. The van der Waals surface area contributed by atoms with Crippen LogP contribution in [0, 0.1) is 23.7 Å². The fraction of sp³-hybridized carbons (Fsp3) is 0.783. The van der Waals surface area contributed by atoms with E-state index in [1.54, 1.807) is 0 Å². The lowest BCUT2D eigenvalue weighted by molar-refractivity contribution is -0.136. The molecular weight excluding hydrogens is 391 g/mol. The molecule has 5 atom stereocenters. The molecule has 0 radical (unpaired) electrons. The Bertz CT molecular complexity index is 616. The van der Waals surface area contributed by atoms with Crippen LogP contribution in [0.15, 0.2) is 23.3 Å². The monoisotopic (exact) mass is 426 g/mol. The first-order chi connectivity index (χ1) is 13.8. The van der Waals surface area contributed by atoms with Gasteiger partial charge in [0.1, 0.15) is 6.17 Å². The van der Waals surface area contributed by atoms with Crippen LogP contribution in [0.4, 0.5) is 4.39 Å². The Hall–Kier alpha value is -0.910. The van der Waals surface area contributed by atoms with E-state index < -0.39 is 12.3 Å². The van der Waals surface area contributed by atoms with E-state index in [4.69, 9.17) is 11.6 Å². The summed E-state index contributed by atoms with van der Waals surface area (Å²) in [5.41, 5.74) is 0. The zero-order chi connectivity index (χ0) is 21.0. The van der Waals surface area contributed by atoms with Crippen molar-refractivity contribution in [3.8, 4) is 0 Å². The molecule has 6 heteroatoms. The Kier molecular flexibility index (Phi) is 8.17. The lowest BCUT2D eigenvalue weighted by atomic mass is 9.78. The number of aliphatic hydroxyl groups excluding tert-OH is 1. The number of aliphatic hydroxyl groups is 1. The van der Waals surface area contributed by atoms with Crippen LogP contribution in [0.3, 0.4) is 0 Å². The van der Waals surface area contributed by atoms with Gasteiger partial charge in [0.15, 0.2) is 0 Å². The number of allylic oxidation sites excluding steroid dienone is 2. The summed E-state index contributed by atoms with van der Waals surface area (Å²) in [6, 6.07) is -0.239. The van der Waals surface area contributed by atoms with Crippen molar-refractivity contribution < 1.29 is 14.3 Å². The van der Waals surface area contributed by atoms with Crippen molar-refractivity contribution >= 4 is 17.5 Å². The predicted molar refractivity (Wildman–Crippen MR) is 115 cm³/mol. The molecule has 2 N–H and O–H groups in total. The normalized spacial score (nSPS) is 32.3. The number of hydrogen-bond acceptors (Lipinski definition) is 3. The van der Waals surface area contributed by atoms with Crippen molar-refractivity contribution in [3.63, 3.8) is 0 Å². The average molecular weight is 427 g/mol. The topological polar surface area (TPSA) is 52.6 Å². The average Bonchev–Trinajstić information content (AvgIpc) is 2.71. The van der Waals surface area contributed by atoms with Crippen LogP contribution < -0.4 is 5.32 Å². The van der Waals surface area contributed by atoms with E-state index in [1.165, 1.54) is 12.5 Å². The van der Waals surface area contributed by atoms with E-state index in [2.05, 4.69) is 25.2 Å². The summed E-state index contributed by atoms with van der Waals surface area (Å²) in [5.74, 6) is 1.81. The summed E-state index contributed by atoms with van der Waals surface area (Å²) < 4.78 is 13.4. The van der Waals surface area contributed by atoms with Crippen LogP contribution in [0.2, 0.25) is 0 Å². The van der Waals surface area contributed by atoms with Gasteiger partial charge in [-0.3, -0.25) is 4.79 Å². The molecular formula is C23H36ClFN2O2. The van der Waals surface area contributed by atoms with Crippen molar-refractivity contribution in [3.05, 3.63) is 23.3 Å². The second-order valence-electron chi connectivity index (χ2n) is 9.37. The molecule has 1 aliphatic heterocycles. The summed E-state index contributed by atoms with van der Waals surface area (Å²) in [6.07, 6.45) is 9.01. The number of halogens is 2. The summed E-state index contributed by atoms with van der Waals surface area (Å²) in [6.45, 7) is 6.36. The number of nitrogens with zero attached hydrogens (tertiary/aromatic N) is 1. The number of piperidine rings is 1. The first-order valence-electron chi connectivity index (χ1n) is 11.2. The minimum Gasteiger partial charge on any atom is -0.390 e. The molecule has 164 valence electrons. The third kappa shape index (κ3) is 6.05. The molecule has 3 aliphatic rings. The lowest BCUT2D eigenvalue weighted by Crippen LogP contribution is -2.52. The second kappa shape index (κ2) is 10.4. The Balaban J connectivity index is 1.49. The quantitative estimate of drug-likeness (QED) is 0.630. The standard InChI is InChI=1S/C23H36ClFN2O2/c1-15(2)22(26-14-16-3-8-20(25)21(28)13-16)23(29)27-11-9-18(10-12-27)17-4-6-19(24)7-5-17/h3,6,8,15-18,20-22,26,28H,4-5,7,9-14H2,1-2H3/t16?,17?,20?,21?,22-/m1/s1. The van der Waals surface area contributed by atoms with E-state index in [1.807, 2.05) is 11.0 Å². The number of carbonyl (C=O) groups is 1. The smallest absolute Gasteiger partial charge is 0.239 e. The molecule has 2 aliphatic carbocycles. The molecule has 3 rings (SSSR count). The zero-order valence-electron chi connectivity index (χ0n) is 17.7. The highest BCUT2D eigenvalue weighted by atomic mass is 35.5. The number of carbonyl (C=O) groups excluding carboxylic acids is 1. The molecule has 1 fully saturated rings. The van der Waals surface area contributed by atoms with Gasteiger partial charge in [0.05, 0.1) is 12.1 Å². The highest BCUT2D eigenvalue weighted by Crippen LogP contribution is 2.36. The number of amides is 1. The van der Waals surface area contributed by atoms with Crippen molar-refractivity contribution in [2.75, 3.05) is 19.6 Å². The Morgan fingerprint density at radius 2 is 2.00 bits per heavy atom. The highest BCUT2D eigenvalue weighted by Gasteiger charge is 2.33. The molecule has 0 aromatic rings. The van der Waals surface area contributed by atoms with Gasteiger partial charge in [-0.2, -0.15) is 0 Å². The maximum absolute atomic E-state index is 13.4. The molecule has 0 aromatic heterocycles. The zero-order valence-corrected chi connectivity index (χ0v) is 18.5. The molecule has 1 saturated heterocycles. The molecule has 1 amide bonds. The molecule has 0 aromatic carbocycles. The van der Waals surface area contributed by atoms with Crippen LogP contribution >= 0.6 is 11.6 Å². The maximum atomic E-state index is 13.4. The largest absolute Gasteiger partial charge is 0.390 e. The van der Waals surface area contributed by atoms with Gasteiger partial charge in [-0.25, -0.2) is 4.39 Å². The van der Waals surface area contributed by atoms with Gasteiger partial charge in [-0.15, -0.1) is 0 Å². The summed E-state index contributed by atoms with van der Waals surface area (Å²) in [4.78, 5) is 15.2. The van der Waals surface area contributed by atoms with E-state index in [9.17, 15) is 14.3 Å². The third-order valence-electron chi connectivity index (χ3n) is 6.93. The number of hydrogen-bond donors (Lipinski definition) is 2. The minimum absolute atomic E-state index is 0.0583. The summed E-state index contributed by atoms with van der Waals surface area (Å²) in [7, 11) is 0. The fourth-order valence-corrected chi connectivity index (χ4v) is 5.18. The predicted octanol–water partition coefficient (Wildman–Crippen LogP) is 4.04. The number of alkyl halides is 1. The van der Waals surface area contributed by atoms with E-state index in [0.29, 0.717) is 24.8 Å². The number of nitrogens with one attached hydrogen (secondary N) is 1. The van der Waals surface area contributed by atoms with Crippen LogP contribution in [0.5, 0.6) is 0 Å². The molecule has 29 heavy (non-hydrogen) atoms. The van der Waals surface area contributed by atoms with Gasteiger partial charge in [-0.05, 0) is 62.2 Å². The Morgan fingerprint density at radius 1 is 1.28 bits per heavy atom. The SMILES string of the molecule is CC(C)[C@@H](NCC1C=CC(F)C(O)C1)C(=O)N1CCC(C2CC=C(Cl)CC2)CC1. The number of rotatable bonds is 6. The first-order valence-corrected chi connectivity index (χ1v) is 11.6. The summed E-state index contributed by atoms with van der Waals surface area (Å²) >= 11 is 6.12. The molecule has 0 saturated carbocycles. The van der Waals surface area contributed by atoms with Crippen LogP contribution in [-0.2, 0) is 4.79 Å². The van der Waals surface area contributed by atoms with Gasteiger partial charge in [-0.1, -0.05) is 43.7 Å². The second-order valence-corrected chi connectivity index (χ2v) is 9.86. The van der Waals surface area contributed by atoms with E-state index in [-0.39, 0.29) is 23.8 Å². The van der Waals surface area contributed by atoms with Crippen molar-refractivity contribution in [2.45, 2.75) is 70.7 Å². The lowest BCUT2D eigenvalue weighted by Gasteiger charge is -2.39. The van der Waals surface area contributed by atoms with Gasteiger partial charge < -0.3 is 15.3 Å². The minimum atomic E-state index is -1.27.